The normalized spacial score (nSPS) is 21.2. The van der Waals surface area contributed by atoms with E-state index in [0.717, 1.165) is 37.9 Å². The molecule has 1 N–H and O–H groups in total. The first-order valence-electron chi connectivity index (χ1n) is 6.39. The molecule has 0 aliphatic carbocycles. The van der Waals surface area contributed by atoms with Crippen molar-refractivity contribution in [3.63, 3.8) is 0 Å². The van der Waals surface area contributed by atoms with E-state index in [4.69, 9.17) is 4.74 Å². The number of aliphatic hydroxyl groups is 1. The summed E-state index contributed by atoms with van der Waals surface area (Å²) in [4.78, 5) is 0. The van der Waals surface area contributed by atoms with Crippen LogP contribution in [0.1, 0.15) is 31.2 Å². The van der Waals surface area contributed by atoms with E-state index in [0.29, 0.717) is 17.0 Å². The summed E-state index contributed by atoms with van der Waals surface area (Å²) in [5.74, 6) is -0.271. The van der Waals surface area contributed by atoms with Crippen LogP contribution in [0.25, 0.3) is 0 Å². The Kier molecular flexibility index (Phi) is 5.15. The van der Waals surface area contributed by atoms with Gasteiger partial charge in [0.2, 0.25) is 0 Å². The molecule has 1 aromatic rings. The maximum atomic E-state index is 13.1. The van der Waals surface area contributed by atoms with Crippen molar-refractivity contribution in [3.8, 4) is 0 Å². The van der Waals surface area contributed by atoms with Crippen molar-refractivity contribution in [3.05, 3.63) is 34.1 Å². The van der Waals surface area contributed by atoms with Crippen LogP contribution in [-0.4, -0.2) is 23.9 Å². The van der Waals surface area contributed by atoms with Gasteiger partial charge in [0, 0.05) is 6.61 Å². The Balaban J connectivity index is 1.78. The van der Waals surface area contributed by atoms with Gasteiger partial charge in [0.1, 0.15) is 5.82 Å². The third-order valence-electron chi connectivity index (χ3n) is 3.30. The summed E-state index contributed by atoms with van der Waals surface area (Å²) in [6, 6.07) is 4.87. The van der Waals surface area contributed by atoms with Gasteiger partial charge in [0.05, 0.1) is 16.7 Å². The van der Waals surface area contributed by atoms with Crippen molar-refractivity contribution >= 4 is 15.9 Å². The average molecular weight is 317 g/mol. The molecule has 0 radical (unpaired) electrons. The number of ether oxygens (including phenoxy) is 1. The van der Waals surface area contributed by atoms with Gasteiger partial charge in [-0.2, -0.15) is 0 Å². The minimum Gasteiger partial charge on any atom is -0.393 e. The van der Waals surface area contributed by atoms with Gasteiger partial charge in [-0.25, -0.2) is 4.39 Å². The van der Waals surface area contributed by atoms with Crippen molar-refractivity contribution in [1.82, 2.24) is 0 Å². The van der Waals surface area contributed by atoms with Crippen LogP contribution in [0.4, 0.5) is 4.39 Å². The molecule has 2 rings (SSSR count). The number of hydrogen-bond donors (Lipinski definition) is 1. The van der Waals surface area contributed by atoms with E-state index in [-0.39, 0.29) is 11.9 Å². The largest absolute Gasteiger partial charge is 0.393 e. The Morgan fingerprint density at radius 1 is 1.50 bits per heavy atom. The van der Waals surface area contributed by atoms with Gasteiger partial charge in [0.15, 0.2) is 0 Å². The fourth-order valence-electron chi connectivity index (χ4n) is 2.29. The van der Waals surface area contributed by atoms with Crippen molar-refractivity contribution in [1.29, 1.82) is 0 Å². The predicted octanol–water partition coefficient (Wildman–Crippen LogP) is 3.45. The lowest BCUT2D eigenvalue weighted by atomic mass is 10.0. The van der Waals surface area contributed by atoms with Gasteiger partial charge in [-0.1, -0.05) is 6.07 Å². The second-order valence-electron chi connectivity index (χ2n) is 4.82. The summed E-state index contributed by atoms with van der Waals surface area (Å²) in [6.07, 6.45) is 4.38. The zero-order chi connectivity index (χ0) is 13.0. The van der Waals surface area contributed by atoms with E-state index in [1.165, 1.54) is 6.07 Å². The summed E-state index contributed by atoms with van der Waals surface area (Å²) in [5, 5.41) is 9.96. The monoisotopic (exact) mass is 316 g/mol. The Bertz CT molecular complexity index is 391. The summed E-state index contributed by atoms with van der Waals surface area (Å²) >= 11 is 3.15. The highest BCUT2D eigenvalue weighted by atomic mass is 79.9. The van der Waals surface area contributed by atoms with Crippen LogP contribution in [0, 0.1) is 5.82 Å². The molecule has 1 heterocycles. The van der Waals surface area contributed by atoms with Gasteiger partial charge in [-0.15, -0.1) is 0 Å². The van der Waals surface area contributed by atoms with Crippen molar-refractivity contribution in [2.75, 3.05) is 6.61 Å². The molecule has 2 unspecified atom stereocenters. The molecule has 0 amide bonds. The quantitative estimate of drug-likeness (QED) is 0.901. The fourth-order valence-corrected chi connectivity index (χ4v) is 2.72. The molecule has 0 aromatic heterocycles. The van der Waals surface area contributed by atoms with Gasteiger partial charge < -0.3 is 9.84 Å². The van der Waals surface area contributed by atoms with Crippen LogP contribution in [0.15, 0.2) is 22.7 Å². The molecular formula is C14H18BrFO2. The molecule has 0 saturated carbocycles. The molecule has 100 valence electrons. The van der Waals surface area contributed by atoms with E-state index in [9.17, 15) is 9.50 Å². The Morgan fingerprint density at radius 3 is 3.00 bits per heavy atom. The maximum Gasteiger partial charge on any atom is 0.137 e. The third-order valence-corrected chi connectivity index (χ3v) is 3.91. The smallest absolute Gasteiger partial charge is 0.137 e. The Hall–Kier alpha value is -0.450. The molecular weight excluding hydrogens is 299 g/mol. The third kappa shape index (κ3) is 4.04. The summed E-state index contributed by atoms with van der Waals surface area (Å²) < 4.78 is 19.0. The predicted molar refractivity (Wildman–Crippen MR) is 72.0 cm³/mol. The standard InChI is InChI=1S/C14H18BrFO2/c15-13-9-10(3-6-14(13)16)8-11(17)4-5-12-2-1-7-18-12/h3,6,9,11-12,17H,1-2,4-5,7-8H2. The van der Waals surface area contributed by atoms with Gasteiger partial charge in [0.25, 0.3) is 0 Å². The number of rotatable bonds is 5. The van der Waals surface area contributed by atoms with E-state index in [1.807, 2.05) is 0 Å². The van der Waals surface area contributed by atoms with Gasteiger partial charge in [-0.05, 0) is 65.7 Å². The lowest BCUT2D eigenvalue weighted by molar-refractivity contribution is 0.0813. The molecule has 18 heavy (non-hydrogen) atoms. The first kappa shape index (κ1) is 14.0. The molecule has 1 fully saturated rings. The summed E-state index contributed by atoms with van der Waals surface area (Å²) in [6.45, 7) is 0.853. The number of halogens is 2. The Labute approximate surface area is 115 Å². The van der Waals surface area contributed by atoms with Crippen LogP contribution in [0.5, 0.6) is 0 Å². The maximum absolute atomic E-state index is 13.1. The summed E-state index contributed by atoms with van der Waals surface area (Å²) in [5.41, 5.74) is 0.947. The number of benzene rings is 1. The highest BCUT2D eigenvalue weighted by molar-refractivity contribution is 9.10. The van der Waals surface area contributed by atoms with Gasteiger partial charge >= 0.3 is 0 Å². The average Bonchev–Trinajstić information content (AvgIpc) is 2.84. The van der Waals surface area contributed by atoms with Crippen molar-refractivity contribution in [2.45, 2.75) is 44.3 Å². The Morgan fingerprint density at radius 2 is 2.33 bits per heavy atom. The number of hydrogen-bond acceptors (Lipinski definition) is 2. The highest BCUT2D eigenvalue weighted by Gasteiger charge is 2.17. The second-order valence-corrected chi connectivity index (χ2v) is 5.67. The van der Waals surface area contributed by atoms with Crippen LogP contribution < -0.4 is 0 Å². The zero-order valence-corrected chi connectivity index (χ0v) is 11.8. The topological polar surface area (TPSA) is 29.5 Å². The van der Waals surface area contributed by atoms with E-state index in [2.05, 4.69) is 15.9 Å². The molecule has 0 spiro atoms. The minimum atomic E-state index is -0.383. The molecule has 4 heteroatoms. The first-order chi connectivity index (χ1) is 8.65. The number of aliphatic hydroxyl groups excluding tert-OH is 1. The van der Waals surface area contributed by atoms with Crippen LogP contribution in [0.2, 0.25) is 0 Å². The van der Waals surface area contributed by atoms with E-state index < -0.39 is 0 Å². The zero-order valence-electron chi connectivity index (χ0n) is 10.2. The molecule has 1 saturated heterocycles. The molecule has 1 aliphatic rings. The lowest BCUT2D eigenvalue weighted by Crippen LogP contribution is -2.15. The highest BCUT2D eigenvalue weighted by Crippen LogP contribution is 2.21. The molecule has 2 nitrogen and oxygen atoms in total. The van der Waals surface area contributed by atoms with Crippen LogP contribution in [0.3, 0.4) is 0 Å². The minimum absolute atomic E-state index is 0.271. The second kappa shape index (κ2) is 6.64. The molecule has 1 aromatic carbocycles. The van der Waals surface area contributed by atoms with Crippen LogP contribution >= 0.6 is 15.9 Å². The SMILES string of the molecule is OC(CCC1CCCO1)Cc1ccc(F)c(Br)c1. The van der Waals surface area contributed by atoms with Gasteiger partial charge in [-0.3, -0.25) is 0 Å². The van der Waals surface area contributed by atoms with E-state index in [1.54, 1.807) is 12.1 Å². The summed E-state index contributed by atoms with van der Waals surface area (Å²) in [7, 11) is 0. The fraction of sp³-hybridized carbons (Fsp3) is 0.571. The molecule has 2 atom stereocenters. The molecule has 1 aliphatic heterocycles. The first-order valence-corrected chi connectivity index (χ1v) is 7.18. The lowest BCUT2D eigenvalue weighted by Gasteiger charge is -2.14. The van der Waals surface area contributed by atoms with Crippen LogP contribution in [-0.2, 0) is 11.2 Å². The molecule has 0 bridgehead atoms. The van der Waals surface area contributed by atoms with Crippen molar-refractivity contribution in [2.24, 2.45) is 0 Å². The van der Waals surface area contributed by atoms with E-state index >= 15 is 0 Å². The van der Waals surface area contributed by atoms with Crippen molar-refractivity contribution < 1.29 is 14.2 Å².